The van der Waals surface area contributed by atoms with Crippen LogP contribution in [0, 0.1) is 0 Å². The molecule has 2 unspecified atom stereocenters. The van der Waals surface area contributed by atoms with Gasteiger partial charge >= 0.3 is 19.5 Å². The fourth-order valence-electron chi connectivity index (χ4n) is 1.60. The van der Waals surface area contributed by atoms with Gasteiger partial charge in [-0.1, -0.05) is 0 Å². The van der Waals surface area contributed by atoms with Crippen molar-refractivity contribution in [3.63, 3.8) is 0 Å². The van der Waals surface area contributed by atoms with Crippen molar-refractivity contribution in [3.8, 4) is 0 Å². The molecule has 0 aromatic heterocycles. The summed E-state index contributed by atoms with van der Waals surface area (Å²) in [5, 5.41) is 9.75. The number of rotatable bonds is 10. The highest BCUT2D eigenvalue weighted by molar-refractivity contribution is 7.53. The first-order valence-corrected chi connectivity index (χ1v) is 8.87. The predicted molar refractivity (Wildman–Crippen MR) is 81.4 cm³/mol. The number of hydrogen-bond acceptors (Lipinski definition) is 9. The molecule has 2 atom stereocenters. The highest BCUT2D eigenvalue weighted by atomic mass is 31.2. The summed E-state index contributed by atoms with van der Waals surface area (Å²) < 4.78 is 32.1. The molecule has 0 heterocycles. The van der Waals surface area contributed by atoms with Crippen LogP contribution in [0.25, 0.3) is 0 Å². The average molecular weight is 369 g/mol. The van der Waals surface area contributed by atoms with Crippen molar-refractivity contribution in [3.05, 3.63) is 0 Å². The van der Waals surface area contributed by atoms with Crippen LogP contribution < -0.4 is 0 Å². The van der Waals surface area contributed by atoms with Gasteiger partial charge in [0.2, 0.25) is 5.91 Å². The van der Waals surface area contributed by atoms with Crippen molar-refractivity contribution in [1.82, 2.24) is 5.06 Å². The molecule has 10 nitrogen and oxygen atoms in total. The zero-order valence-corrected chi connectivity index (χ0v) is 15.3. The molecule has 0 aromatic rings. The van der Waals surface area contributed by atoms with Crippen molar-refractivity contribution < 1.29 is 42.7 Å². The molecule has 0 aliphatic heterocycles. The number of hydroxylamine groups is 2. The third kappa shape index (κ3) is 7.87. The van der Waals surface area contributed by atoms with Gasteiger partial charge in [0.15, 0.2) is 12.2 Å². The fraction of sp³-hybridized carbons (Fsp3) is 0.769. The maximum atomic E-state index is 12.8. The van der Waals surface area contributed by atoms with Crippen molar-refractivity contribution in [2.45, 2.75) is 39.4 Å². The Morgan fingerprint density at radius 1 is 1.04 bits per heavy atom. The number of amides is 1. The van der Waals surface area contributed by atoms with Crippen LogP contribution in [-0.4, -0.2) is 67.3 Å². The standard InChI is InChI=1S/C13H24NO9P/c1-9(12(16)20-4)22-24(19,23-10(2)13(17)21-5)8-6-7-14(18)11(3)15/h9-10,18H,6-8H2,1-5H3. The van der Waals surface area contributed by atoms with Crippen molar-refractivity contribution >= 4 is 25.4 Å². The van der Waals surface area contributed by atoms with Crippen LogP contribution in [-0.2, 0) is 37.5 Å². The van der Waals surface area contributed by atoms with Crippen molar-refractivity contribution in [2.75, 3.05) is 26.9 Å². The van der Waals surface area contributed by atoms with E-state index < -0.39 is 37.6 Å². The summed E-state index contributed by atoms with van der Waals surface area (Å²) in [4.78, 5) is 33.8. The first kappa shape index (κ1) is 22.5. The van der Waals surface area contributed by atoms with Gasteiger partial charge in [0.1, 0.15) is 0 Å². The number of esters is 2. The SMILES string of the molecule is COC(=O)C(C)OP(=O)(CCCN(O)C(C)=O)OC(C)C(=O)OC. The van der Waals surface area contributed by atoms with E-state index in [4.69, 9.17) is 9.05 Å². The predicted octanol–water partition coefficient (Wildman–Crippen LogP) is 0.964. The zero-order chi connectivity index (χ0) is 18.9. The quantitative estimate of drug-likeness (QED) is 0.259. The number of ether oxygens (including phenoxy) is 2. The molecular formula is C13H24NO9P. The topological polar surface area (TPSA) is 129 Å². The minimum atomic E-state index is -3.90. The lowest BCUT2D eigenvalue weighted by atomic mass is 10.4. The van der Waals surface area contributed by atoms with Gasteiger partial charge < -0.3 is 9.47 Å². The minimum absolute atomic E-state index is 0.0507. The summed E-state index contributed by atoms with van der Waals surface area (Å²) in [5.41, 5.74) is 0. The van der Waals surface area contributed by atoms with Gasteiger partial charge in [-0.3, -0.25) is 23.6 Å². The first-order chi connectivity index (χ1) is 11.1. The molecule has 0 saturated heterocycles. The smallest absolute Gasteiger partial charge is 0.335 e. The van der Waals surface area contributed by atoms with E-state index in [1.165, 1.54) is 13.8 Å². The molecule has 0 aliphatic carbocycles. The maximum Gasteiger partial charge on any atom is 0.335 e. The van der Waals surface area contributed by atoms with Crippen LogP contribution in [0.15, 0.2) is 0 Å². The Morgan fingerprint density at radius 3 is 1.79 bits per heavy atom. The lowest BCUT2D eigenvalue weighted by Gasteiger charge is -2.24. The molecule has 1 N–H and O–H groups in total. The Bertz CT molecular complexity index is 468. The summed E-state index contributed by atoms with van der Waals surface area (Å²) in [6, 6.07) is 0. The molecule has 1 amide bonds. The zero-order valence-electron chi connectivity index (χ0n) is 14.4. The molecule has 11 heteroatoms. The van der Waals surface area contributed by atoms with Crippen LogP contribution in [0.1, 0.15) is 27.2 Å². The molecule has 0 spiro atoms. The van der Waals surface area contributed by atoms with Gasteiger partial charge in [-0.2, -0.15) is 0 Å². The van der Waals surface area contributed by atoms with Crippen LogP contribution in [0.2, 0.25) is 0 Å². The number of hydrogen-bond donors (Lipinski definition) is 1. The van der Waals surface area contributed by atoms with Crippen LogP contribution >= 0.6 is 7.60 Å². The monoisotopic (exact) mass is 369 g/mol. The van der Waals surface area contributed by atoms with E-state index in [0.717, 1.165) is 21.1 Å². The molecule has 0 aromatic carbocycles. The van der Waals surface area contributed by atoms with Gasteiger partial charge in [0, 0.05) is 13.5 Å². The summed E-state index contributed by atoms with van der Waals surface area (Å²) in [6.07, 6.45) is -2.57. The second-order valence-electron chi connectivity index (χ2n) is 4.87. The number of methoxy groups -OCH3 is 2. The fourth-order valence-corrected chi connectivity index (χ4v) is 3.53. The largest absolute Gasteiger partial charge is 0.467 e. The lowest BCUT2D eigenvalue weighted by Crippen LogP contribution is -2.28. The summed E-state index contributed by atoms with van der Waals surface area (Å²) in [5.74, 6) is -2.12. The molecular weight excluding hydrogens is 345 g/mol. The Hall–Kier alpha value is -1.48. The van der Waals surface area contributed by atoms with Gasteiger partial charge in [0.05, 0.1) is 20.4 Å². The van der Waals surface area contributed by atoms with Gasteiger partial charge in [-0.05, 0) is 20.3 Å². The lowest BCUT2D eigenvalue weighted by molar-refractivity contribution is -0.162. The van der Waals surface area contributed by atoms with E-state index >= 15 is 0 Å². The molecule has 0 aliphatic rings. The van der Waals surface area contributed by atoms with E-state index in [9.17, 15) is 24.2 Å². The van der Waals surface area contributed by atoms with E-state index in [-0.39, 0.29) is 19.1 Å². The van der Waals surface area contributed by atoms with Gasteiger partial charge in [0.25, 0.3) is 0 Å². The third-order valence-electron chi connectivity index (χ3n) is 2.87. The molecule has 0 bridgehead atoms. The summed E-state index contributed by atoms with van der Waals surface area (Å²) in [6.45, 7) is 3.67. The molecule has 0 rings (SSSR count). The van der Waals surface area contributed by atoms with Crippen molar-refractivity contribution in [1.29, 1.82) is 0 Å². The Morgan fingerprint density at radius 2 is 1.46 bits per heavy atom. The molecule has 24 heavy (non-hydrogen) atoms. The van der Waals surface area contributed by atoms with Crippen LogP contribution in [0.4, 0.5) is 0 Å². The van der Waals surface area contributed by atoms with E-state index in [0.29, 0.717) is 5.06 Å². The average Bonchev–Trinajstić information content (AvgIpc) is 2.52. The Labute approximate surface area is 140 Å². The van der Waals surface area contributed by atoms with E-state index in [1.54, 1.807) is 0 Å². The maximum absolute atomic E-state index is 12.8. The van der Waals surface area contributed by atoms with Gasteiger partial charge in [-0.25, -0.2) is 14.7 Å². The highest BCUT2D eigenvalue weighted by Crippen LogP contribution is 2.51. The second-order valence-corrected chi connectivity index (χ2v) is 6.96. The Balaban J connectivity index is 4.99. The summed E-state index contributed by atoms with van der Waals surface area (Å²) >= 11 is 0. The van der Waals surface area contributed by atoms with E-state index in [1.807, 2.05) is 0 Å². The second kappa shape index (κ2) is 10.4. The third-order valence-corrected chi connectivity index (χ3v) is 5.01. The van der Waals surface area contributed by atoms with Crippen LogP contribution in [0.5, 0.6) is 0 Å². The highest BCUT2D eigenvalue weighted by Gasteiger charge is 2.34. The molecule has 0 radical (unpaired) electrons. The normalized spacial score (nSPS) is 15.8. The number of carbonyl (C=O) groups excluding carboxylic acids is 3. The first-order valence-electron chi connectivity index (χ1n) is 7.14. The summed E-state index contributed by atoms with van der Waals surface area (Å²) in [7, 11) is -1.62. The van der Waals surface area contributed by atoms with Crippen molar-refractivity contribution in [2.24, 2.45) is 0 Å². The van der Waals surface area contributed by atoms with Gasteiger partial charge in [-0.15, -0.1) is 0 Å². The van der Waals surface area contributed by atoms with Crippen LogP contribution in [0.3, 0.4) is 0 Å². The molecule has 140 valence electrons. The molecule has 0 saturated carbocycles. The number of nitrogens with zero attached hydrogens (tertiary/aromatic N) is 1. The Kier molecular flexibility index (Phi) is 9.76. The number of carbonyl (C=O) groups is 3. The molecule has 0 fully saturated rings. The van der Waals surface area contributed by atoms with E-state index in [2.05, 4.69) is 9.47 Å². The minimum Gasteiger partial charge on any atom is -0.467 e.